The Labute approximate surface area is 121 Å². The van der Waals surface area contributed by atoms with Crippen LogP contribution in [0.3, 0.4) is 0 Å². The molecule has 0 aromatic heterocycles. The summed E-state index contributed by atoms with van der Waals surface area (Å²) in [4.78, 5) is 0. The smallest absolute Gasteiger partial charge is 0.395 e. The number of aliphatic hydroxyl groups is 1. The first-order valence-corrected chi connectivity index (χ1v) is 5.90. The van der Waals surface area contributed by atoms with Crippen LogP contribution in [0.15, 0.2) is 18.2 Å². The van der Waals surface area contributed by atoms with E-state index in [2.05, 4.69) is 22.9 Å². The van der Waals surface area contributed by atoms with Crippen LogP contribution < -0.4 is 10.6 Å². The van der Waals surface area contributed by atoms with Gasteiger partial charge >= 0.3 is 12.4 Å². The lowest BCUT2D eigenvalue weighted by molar-refractivity contribution is -0.143. The SMILES string of the molecule is OCCNC(=S)Nc1cc(C(F)(F)F)cc(C(F)(F)F)c1. The Morgan fingerprint density at radius 1 is 1.00 bits per heavy atom. The summed E-state index contributed by atoms with van der Waals surface area (Å²) < 4.78 is 75.6. The van der Waals surface area contributed by atoms with Crippen molar-refractivity contribution in [2.45, 2.75) is 12.4 Å². The first-order valence-electron chi connectivity index (χ1n) is 5.49. The maximum atomic E-state index is 12.6. The van der Waals surface area contributed by atoms with Crippen molar-refractivity contribution in [1.82, 2.24) is 5.32 Å². The van der Waals surface area contributed by atoms with Crippen LogP contribution >= 0.6 is 12.2 Å². The normalized spacial score (nSPS) is 12.1. The van der Waals surface area contributed by atoms with Gasteiger partial charge in [0.05, 0.1) is 17.7 Å². The Hall–Kier alpha value is -1.55. The van der Waals surface area contributed by atoms with E-state index in [-0.39, 0.29) is 24.3 Å². The number of nitrogens with one attached hydrogen (secondary N) is 2. The van der Waals surface area contributed by atoms with Crippen molar-refractivity contribution >= 4 is 23.0 Å². The number of halogens is 6. The molecule has 0 bridgehead atoms. The number of hydrogen-bond acceptors (Lipinski definition) is 2. The molecule has 1 rings (SSSR count). The minimum absolute atomic E-state index is 0.0108. The lowest BCUT2D eigenvalue weighted by Crippen LogP contribution is -2.31. The summed E-state index contributed by atoms with van der Waals surface area (Å²) in [5.41, 5.74) is -3.33. The molecule has 0 amide bonds. The Morgan fingerprint density at radius 2 is 1.48 bits per heavy atom. The van der Waals surface area contributed by atoms with Crippen LogP contribution in [0, 0.1) is 0 Å². The molecule has 21 heavy (non-hydrogen) atoms. The molecule has 0 aliphatic heterocycles. The van der Waals surface area contributed by atoms with Crippen molar-refractivity contribution in [3.05, 3.63) is 29.3 Å². The van der Waals surface area contributed by atoms with Gasteiger partial charge in [0.2, 0.25) is 0 Å². The number of benzene rings is 1. The van der Waals surface area contributed by atoms with Gasteiger partial charge in [-0.1, -0.05) is 0 Å². The fourth-order valence-corrected chi connectivity index (χ4v) is 1.59. The third kappa shape index (κ3) is 5.38. The first-order chi connectivity index (χ1) is 9.54. The zero-order valence-electron chi connectivity index (χ0n) is 10.3. The molecule has 0 fully saturated rings. The van der Waals surface area contributed by atoms with E-state index < -0.39 is 29.2 Å². The summed E-state index contributed by atoms with van der Waals surface area (Å²) in [5, 5.41) is 13.0. The minimum atomic E-state index is -4.92. The van der Waals surface area contributed by atoms with Crippen LogP contribution in [-0.2, 0) is 12.4 Å². The number of thiocarbonyl (C=S) groups is 1. The number of rotatable bonds is 3. The van der Waals surface area contributed by atoms with Crippen molar-refractivity contribution < 1.29 is 31.4 Å². The monoisotopic (exact) mass is 332 g/mol. The Balaban J connectivity index is 3.11. The second-order valence-corrected chi connectivity index (χ2v) is 4.31. The fraction of sp³-hybridized carbons (Fsp3) is 0.364. The summed E-state index contributed by atoms with van der Waals surface area (Å²) in [6.07, 6.45) is -9.84. The van der Waals surface area contributed by atoms with E-state index in [1.165, 1.54) is 0 Å². The van der Waals surface area contributed by atoms with Gasteiger partial charge in [0.25, 0.3) is 0 Å². The van der Waals surface area contributed by atoms with Crippen molar-refractivity contribution in [3.63, 3.8) is 0 Å². The predicted octanol–water partition coefficient (Wildman–Crippen LogP) is 3.00. The van der Waals surface area contributed by atoms with Gasteiger partial charge in [-0.3, -0.25) is 0 Å². The molecule has 10 heteroatoms. The largest absolute Gasteiger partial charge is 0.416 e. The molecule has 1 aromatic rings. The summed E-state index contributed by atoms with van der Waals surface area (Å²) in [6, 6.07) is 1.06. The Bertz CT molecular complexity index is 482. The van der Waals surface area contributed by atoms with E-state index >= 15 is 0 Å². The maximum absolute atomic E-state index is 12.6. The van der Waals surface area contributed by atoms with E-state index in [0.717, 1.165) is 0 Å². The lowest BCUT2D eigenvalue weighted by Gasteiger charge is -2.16. The van der Waals surface area contributed by atoms with Gasteiger partial charge in [-0.15, -0.1) is 0 Å². The summed E-state index contributed by atoms with van der Waals surface area (Å²) in [5.74, 6) is 0. The van der Waals surface area contributed by atoms with Crippen molar-refractivity contribution in [2.24, 2.45) is 0 Å². The molecule has 118 valence electrons. The Kier molecular flexibility index (Phi) is 5.40. The van der Waals surface area contributed by atoms with Crippen LogP contribution in [0.25, 0.3) is 0 Å². The van der Waals surface area contributed by atoms with Crippen LogP contribution in [0.2, 0.25) is 0 Å². The molecule has 3 N–H and O–H groups in total. The molecule has 0 aliphatic carbocycles. The lowest BCUT2D eigenvalue weighted by atomic mass is 10.1. The molecule has 1 aromatic carbocycles. The van der Waals surface area contributed by atoms with E-state index in [4.69, 9.17) is 5.11 Å². The third-order valence-electron chi connectivity index (χ3n) is 2.24. The summed E-state index contributed by atoms with van der Waals surface area (Å²) in [7, 11) is 0. The first kappa shape index (κ1) is 17.5. The second-order valence-electron chi connectivity index (χ2n) is 3.90. The molecule has 0 unspecified atom stereocenters. The molecule has 0 atom stereocenters. The molecule has 0 aliphatic rings. The van der Waals surface area contributed by atoms with Gasteiger partial charge in [0.1, 0.15) is 0 Å². The van der Waals surface area contributed by atoms with Gasteiger partial charge in [-0.25, -0.2) is 0 Å². The quantitative estimate of drug-likeness (QED) is 0.588. The topological polar surface area (TPSA) is 44.3 Å². The van der Waals surface area contributed by atoms with Crippen molar-refractivity contribution in [1.29, 1.82) is 0 Å². The molecule has 0 spiro atoms. The summed E-state index contributed by atoms with van der Waals surface area (Å²) in [6.45, 7) is -0.283. The maximum Gasteiger partial charge on any atom is 0.416 e. The van der Waals surface area contributed by atoms with Gasteiger partial charge < -0.3 is 15.7 Å². The van der Waals surface area contributed by atoms with Crippen LogP contribution in [0.5, 0.6) is 0 Å². The van der Waals surface area contributed by atoms with E-state index in [0.29, 0.717) is 12.1 Å². The predicted molar refractivity (Wildman–Crippen MR) is 67.8 cm³/mol. The number of hydrogen-bond donors (Lipinski definition) is 3. The zero-order chi connectivity index (χ0) is 16.3. The van der Waals surface area contributed by atoms with E-state index in [1.54, 1.807) is 0 Å². The van der Waals surface area contributed by atoms with E-state index in [9.17, 15) is 26.3 Å². The van der Waals surface area contributed by atoms with Gasteiger partial charge in [-0.2, -0.15) is 26.3 Å². The van der Waals surface area contributed by atoms with Crippen LogP contribution in [0.1, 0.15) is 11.1 Å². The van der Waals surface area contributed by atoms with Crippen LogP contribution in [0.4, 0.5) is 32.0 Å². The molecule has 0 saturated heterocycles. The molecule has 0 saturated carbocycles. The number of aliphatic hydroxyl groups excluding tert-OH is 1. The van der Waals surface area contributed by atoms with Gasteiger partial charge in [0, 0.05) is 12.2 Å². The Morgan fingerprint density at radius 3 is 1.86 bits per heavy atom. The number of anilines is 1. The number of alkyl halides is 6. The highest BCUT2D eigenvalue weighted by molar-refractivity contribution is 7.80. The molecule has 0 heterocycles. The highest BCUT2D eigenvalue weighted by Gasteiger charge is 2.36. The molecular weight excluding hydrogens is 322 g/mol. The van der Waals surface area contributed by atoms with Crippen LogP contribution in [-0.4, -0.2) is 23.4 Å². The molecule has 3 nitrogen and oxygen atoms in total. The fourth-order valence-electron chi connectivity index (χ4n) is 1.37. The molecule has 0 radical (unpaired) electrons. The standard InChI is InChI=1S/C11H10F6N2OS/c12-10(13,14)6-3-7(11(15,16)17)5-8(4-6)19-9(21)18-1-2-20/h3-5,20H,1-2H2,(H2,18,19,21). The van der Waals surface area contributed by atoms with Crippen molar-refractivity contribution in [2.75, 3.05) is 18.5 Å². The van der Waals surface area contributed by atoms with Gasteiger partial charge in [-0.05, 0) is 30.4 Å². The van der Waals surface area contributed by atoms with E-state index in [1.807, 2.05) is 0 Å². The van der Waals surface area contributed by atoms with Crippen molar-refractivity contribution in [3.8, 4) is 0 Å². The average Bonchev–Trinajstić information content (AvgIpc) is 2.34. The summed E-state index contributed by atoms with van der Waals surface area (Å²) >= 11 is 4.68. The third-order valence-corrected chi connectivity index (χ3v) is 2.49. The molecular formula is C11H10F6N2OS. The highest BCUT2D eigenvalue weighted by atomic mass is 32.1. The second kappa shape index (κ2) is 6.48. The zero-order valence-corrected chi connectivity index (χ0v) is 11.1. The van der Waals surface area contributed by atoms with Gasteiger partial charge in [0.15, 0.2) is 5.11 Å². The average molecular weight is 332 g/mol. The minimum Gasteiger partial charge on any atom is -0.395 e. The highest BCUT2D eigenvalue weighted by Crippen LogP contribution is 2.37.